The van der Waals surface area contributed by atoms with E-state index in [4.69, 9.17) is 11.6 Å². The number of benzene rings is 1. The molecular weight excluding hydrogens is 272 g/mol. The zero-order valence-electron chi connectivity index (χ0n) is 12.1. The average Bonchev–Trinajstić information content (AvgIpc) is 2.48. The Labute approximate surface area is 126 Å². The molecule has 1 fully saturated rings. The van der Waals surface area contributed by atoms with E-state index in [2.05, 4.69) is 5.32 Å². The molecule has 1 aliphatic heterocycles. The zero-order valence-corrected chi connectivity index (χ0v) is 12.8. The first-order valence-electron chi connectivity index (χ1n) is 7.45. The van der Waals surface area contributed by atoms with Gasteiger partial charge < -0.3 is 10.2 Å². The van der Waals surface area contributed by atoms with E-state index >= 15 is 0 Å². The van der Waals surface area contributed by atoms with Gasteiger partial charge in [0.15, 0.2) is 0 Å². The monoisotopic (exact) mass is 294 g/mol. The Balaban J connectivity index is 1.93. The second-order valence-electron chi connectivity index (χ2n) is 5.35. The summed E-state index contributed by atoms with van der Waals surface area (Å²) in [5.41, 5.74) is 0.911. The van der Waals surface area contributed by atoms with Crippen LogP contribution in [-0.4, -0.2) is 36.5 Å². The molecule has 1 heterocycles. The maximum Gasteiger partial charge on any atom is 0.227 e. The highest BCUT2D eigenvalue weighted by atomic mass is 35.5. The normalized spacial score (nSPS) is 18.8. The van der Waals surface area contributed by atoms with E-state index in [1.807, 2.05) is 36.1 Å². The van der Waals surface area contributed by atoms with Crippen LogP contribution in [0.3, 0.4) is 0 Å². The minimum absolute atomic E-state index is 0.160. The Morgan fingerprint density at radius 2 is 2.20 bits per heavy atom. The van der Waals surface area contributed by atoms with E-state index in [-0.39, 0.29) is 5.91 Å². The number of carbonyl (C=O) groups is 1. The summed E-state index contributed by atoms with van der Waals surface area (Å²) < 4.78 is 0. The Bertz CT molecular complexity index is 444. The van der Waals surface area contributed by atoms with E-state index in [0.717, 1.165) is 31.6 Å². The number of nitrogens with one attached hydrogen (secondary N) is 1. The summed E-state index contributed by atoms with van der Waals surface area (Å²) in [6, 6.07) is 8.02. The Morgan fingerprint density at radius 3 is 2.85 bits per heavy atom. The maximum absolute atomic E-state index is 12.4. The van der Waals surface area contributed by atoms with Crippen LogP contribution in [0.5, 0.6) is 0 Å². The first-order chi connectivity index (χ1) is 9.70. The van der Waals surface area contributed by atoms with Gasteiger partial charge in [-0.1, -0.05) is 36.2 Å². The molecule has 0 aliphatic carbocycles. The molecule has 3 nitrogen and oxygen atoms in total. The lowest BCUT2D eigenvalue weighted by Gasteiger charge is -2.30. The Hall–Kier alpha value is -1.06. The van der Waals surface area contributed by atoms with Crippen molar-refractivity contribution in [1.82, 2.24) is 10.2 Å². The first-order valence-corrected chi connectivity index (χ1v) is 7.83. The number of amides is 1. The SMILES string of the molecule is CCN(CC1CCCCN1)C(=O)Cc1ccccc1Cl. The molecule has 0 aromatic heterocycles. The molecule has 1 N–H and O–H groups in total. The molecule has 0 radical (unpaired) electrons. The van der Waals surface area contributed by atoms with Gasteiger partial charge in [-0.05, 0) is 37.9 Å². The van der Waals surface area contributed by atoms with Gasteiger partial charge in [0.2, 0.25) is 5.91 Å². The summed E-state index contributed by atoms with van der Waals surface area (Å²) in [5, 5.41) is 4.17. The van der Waals surface area contributed by atoms with Crippen LogP contribution in [0.15, 0.2) is 24.3 Å². The van der Waals surface area contributed by atoms with Crippen molar-refractivity contribution in [2.75, 3.05) is 19.6 Å². The van der Waals surface area contributed by atoms with Gasteiger partial charge in [-0.2, -0.15) is 0 Å². The van der Waals surface area contributed by atoms with Crippen LogP contribution in [0.4, 0.5) is 0 Å². The molecular formula is C16H23ClN2O. The van der Waals surface area contributed by atoms with Crippen LogP contribution >= 0.6 is 11.6 Å². The quantitative estimate of drug-likeness (QED) is 0.906. The number of nitrogens with zero attached hydrogens (tertiary/aromatic N) is 1. The number of halogens is 1. The lowest BCUT2D eigenvalue weighted by atomic mass is 10.0. The summed E-state index contributed by atoms with van der Waals surface area (Å²) in [4.78, 5) is 14.3. The van der Waals surface area contributed by atoms with Crippen LogP contribution in [0.1, 0.15) is 31.7 Å². The van der Waals surface area contributed by atoms with Crippen LogP contribution in [0, 0.1) is 0 Å². The number of piperidine rings is 1. The molecule has 110 valence electrons. The summed E-state index contributed by atoms with van der Waals surface area (Å²) in [6.45, 7) is 4.66. The van der Waals surface area contributed by atoms with E-state index < -0.39 is 0 Å². The summed E-state index contributed by atoms with van der Waals surface area (Å²) in [5.74, 6) is 0.160. The average molecular weight is 295 g/mol. The first kappa shape index (κ1) is 15.3. The second-order valence-corrected chi connectivity index (χ2v) is 5.75. The molecule has 0 bridgehead atoms. The number of rotatable bonds is 5. The van der Waals surface area contributed by atoms with E-state index in [1.54, 1.807) is 0 Å². The predicted molar refractivity (Wildman–Crippen MR) is 83.1 cm³/mol. The molecule has 1 unspecified atom stereocenters. The van der Waals surface area contributed by atoms with Gasteiger partial charge in [-0.15, -0.1) is 0 Å². The van der Waals surface area contributed by atoms with Crippen molar-refractivity contribution in [3.63, 3.8) is 0 Å². The highest BCUT2D eigenvalue weighted by Gasteiger charge is 2.19. The van der Waals surface area contributed by atoms with Crippen molar-refractivity contribution < 1.29 is 4.79 Å². The topological polar surface area (TPSA) is 32.3 Å². The number of carbonyl (C=O) groups excluding carboxylic acids is 1. The van der Waals surface area contributed by atoms with Crippen molar-refractivity contribution in [2.45, 2.75) is 38.6 Å². The zero-order chi connectivity index (χ0) is 14.4. The minimum Gasteiger partial charge on any atom is -0.341 e. The highest BCUT2D eigenvalue weighted by Crippen LogP contribution is 2.17. The van der Waals surface area contributed by atoms with Gasteiger partial charge in [0, 0.05) is 24.2 Å². The number of likely N-dealkylation sites (N-methyl/N-ethyl adjacent to an activating group) is 1. The molecule has 20 heavy (non-hydrogen) atoms. The van der Waals surface area contributed by atoms with Crippen LogP contribution in [0.2, 0.25) is 5.02 Å². The third-order valence-electron chi connectivity index (χ3n) is 3.89. The van der Waals surface area contributed by atoms with Crippen molar-refractivity contribution in [3.05, 3.63) is 34.9 Å². The largest absolute Gasteiger partial charge is 0.341 e. The minimum atomic E-state index is 0.160. The molecule has 2 rings (SSSR count). The van der Waals surface area contributed by atoms with Crippen LogP contribution in [0.25, 0.3) is 0 Å². The highest BCUT2D eigenvalue weighted by molar-refractivity contribution is 6.31. The molecule has 4 heteroatoms. The van der Waals surface area contributed by atoms with Crippen molar-refractivity contribution in [2.24, 2.45) is 0 Å². The smallest absolute Gasteiger partial charge is 0.227 e. The fourth-order valence-corrected chi connectivity index (χ4v) is 2.87. The van der Waals surface area contributed by atoms with E-state index in [0.29, 0.717) is 17.5 Å². The van der Waals surface area contributed by atoms with Gasteiger partial charge in [-0.3, -0.25) is 4.79 Å². The van der Waals surface area contributed by atoms with Crippen molar-refractivity contribution in [3.8, 4) is 0 Å². The van der Waals surface area contributed by atoms with Crippen LogP contribution in [-0.2, 0) is 11.2 Å². The Kier molecular flexibility index (Phi) is 5.86. The van der Waals surface area contributed by atoms with Gasteiger partial charge in [0.1, 0.15) is 0 Å². The lowest BCUT2D eigenvalue weighted by Crippen LogP contribution is -2.46. The van der Waals surface area contributed by atoms with Crippen LogP contribution < -0.4 is 5.32 Å². The Morgan fingerprint density at radius 1 is 1.40 bits per heavy atom. The van der Waals surface area contributed by atoms with Gasteiger partial charge >= 0.3 is 0 Å². The van der Waals surface area contributed by atoms with Gasteiger partial charge in [0.25, 0.3) is 0 Å². The van der Waals surface area contributed by atoms with E-state index in [1.165, 1.54) is 12.8 Å². The number of hydrogen-bond donors (Lipinski definition) is 1. The molecule has 1 aliphatic rings. The van der Waals surface area contributed by atoms with Gasteiger partial charge in [-0.25, -0.2) is 0 Å². The molecule has 1 aromatic carbocycles. The van der Waals surface area contributed by atoms with Gasteiger partial charge in [0.05, 0.1) is 6.42 Å². The van der Waals surface area contributed by atoms with E-state index in [9.17, 15) is 4.79 Å². The molecule has 1 amide bonds. The maximum atomic E-state index is 12.4. The number of hydrogen-bond acceptors (Lipinski definition) is 2. The third kappa shape index (κ3) is 4.22. The molecule has 1 saturated heterocycles. The molecule has 0 spiro atoms. The molecule has 0 saturated carbocycles. The van der Waals surface area contributed by atoms with Crippen molar-refractivity contribution in [1.29, 1.82) is 0 Å². The standard InChI is InChI=1S/C16H23ClN2O/c1-2-19(12-14-8-5-6-10-18-14)16(20)11-13-7-3-4-9-15(13)17/h3-4,7,9,14,18H,2,5-6,8,10-12H2,1H3. The summed E-state index contributed by atoms with van der Waals surface area (Å²) in [6.07, 6.45) is 4.06. The second kappa shape index (κ2) is 7.65. The fraction of sp³-hybridized carbons (Fsp3) is 0.562. The van der Waals surface area contributed by atoms with Crippen molar-refractivity contribution >= 4 is 17.5 Å². The summed E-state index contributed by atoms with van der Waals surface area (Å²) in [7, 11) is 0. The molecule has 1 aromatic rings. The lowest BCUT2D eigenvalue weighted by molar-refractivity contribution is -0.130. The fourth-order valence-electron chi connectivity index (χ4n) is 2.67. The summed E-state index contributed by atoms with van der Waals surface area (Å²) >= 11 is 6.12. The molecule has 1 atom stereocenters. The predicted octanol–water partition coefficient (Wildman–Crippen LogP) is 2.87. The third-order valence-corrected chi connectivity index (χ3v) is 4.26.